The summed E-state index contributed by atoms with van der Waals surface area (Å²) < 4.78 is 16.3. The Bertz CT molecular complexity index is 785. The van der Waals surface area contributed by atoms with Gasteiger partial charge in [0.15, 0.2) is 0 Å². The molecule has 3 rings (SSSR count). The molecule has 1 aromatic heterocycles. The lowest BCUT2D eigenvalue weighted by atomic mass is 10.2. The number of aromatic nitrogens is 2. The smallest absolute Gasteiger partial charge is 0.140 e. The van der Waals surface area contributed by atoms with Crippen LogP contribution in [0.3, 0.4) is 0 Å². The normalized spacial score (nSPS) is 10.8. The van der Waals surface area contributed by atoms with Crippen molar-refractivity contribution in [1.82, 2.24) is 9.55 Å². The predicted octanol–water partition coefficient (Wildman–Crippen LogP) is 5.00. The monoisotopic (exact) mass is 412 g/mol. The van der Waals surface area contributed by atoms with Crippen LogP contribution in [0.4, 0.5) is 4.39 Å². The van der Waals surface area contributed by atoms with Crippen LogP contribution < -0.4 is 0 Å². The first-order valence-corrected chi connectivity index (χ1v) is 7.80. The number of imidazole rings is 1. The zero-order chi connectivity index (χ0) is 14.8. The van der Waals surface area contributed by atoms with Gasteiger partial charge in [-0.25, -0.2) is 9.37 Å². The van der Waals surface area contributed by atoms with Gasteiger partial charge >= 0.3 is 0 Å². The minimum absolute atomic E-state index is 0.327. The molecule has 0 saturated heterocycles. The van der Waals surface area contributed by atoms with E-state index in [4.69, 9.17) is 11.6 Å². The second-order valence-corrected chi connectivity index (χ2v) is 6.28. The van der Waals surface area contributed by atoms with E-state index < -0.39 is 0 Å². The third kappa shape index (κ3) is 3.27. The maximum Gasteiger partial charge on any atom is 0.140 e. The van der Waals surface area contributed by atoms with Gasteiger partial charge in [-0.3, -0.25) is 0 Å². The van der Waals surface area contributed by atoms with Crippen LogP contribution in [-0.4, -0.2) is 9.55 Å². The molecule has 0 aliphatic heterocycles. The van der Waals surface area contributed by atoms with Gasteiger partial charge in [0.2, 0.25) is 0 Å². The lowest BCUT2D eigenvalue weighted by Crippen LogP contribution is -2.02. The highest BCUT2D eigenvalue weighted by Gasteiger charge is 2.09. The van der Waals surface area contributed by atoms with Crippen molar-refractivity contribution in [3.05, 3.63) is 74.8 Å². The molecule has 2 aromatic carbocycles. The molecule has 0 spiro atoms. The topological polar surface area (TPSA) is 17.8 Å². The van der Waals surface area contributed by atoms with E-state index in [9.17, 15) is 4.39 Å². The number of halogens is 3. The van der Waals surface area contributed by atoms with Crippen LogP contribution in [0.25, 0.3) is 11.4 Å². The summed E-state index contributed by atoms with van der Waals surface area (Å²) in [5, 5.41) is 0.428. The number of hydrogen-bond donors (Lipinski definition) is 0. The summed E-state index contributed by atoms with van der Waals surface area (Å²) in [5.41, 5.74) is 1.91. The van der Waals surface area contributed by atoms with E-state index in [0.717, 1.165) is 20.5 Å². The number of benzene rings is 2. The van der Waals surface area contributed by atoms with Gasteiger partial charge in [0.25, 0.3) is 0 Å². The van der Waals surface area contributed by atoms with Crippen molar-refractivity contribution < 1.29 is 4.39 Å². The minimum Gasteiger partial charge on any atom is -0.327 e. The van der Waals surface area contributed by atoms with E-state index in [0.29, 0.717) is 11.6 Å². The van der Waals surface area contributed by atoms with Gasteiger partial charge < -0.3 is 4.57 Å². The summed E-state index contributed by atoms with van der Waals surface area (Å²) in [6.07, 6.45) is 3.65. The van der Waals surface area contributed by atoms with Gasteiger partial charge in [0, 0.05) is 26.5 Å². The van der Waals surface area contributed by atoms with Crippen molar-refractivity contribution in [3.63, 3.8) is 0 Å². The summed E-state index contributed by atoms with van der Waals surface area (Å²) in [7, 11) is 0. The Balaban J connectivity index is 1.96. The highest BCUT2D eigenvalue weighted by Crippen LogP contribution is 2.23. The number of hydrogen-bond acceptors (Lipinski definition) is 1. The van der Waals surface area contributed by atoms with E-state index in [-0.39, 0.29) is 5.82 Å². The van der Waals surface area contributed by atoms with E-state index in [1.165, 1.54) is 12.1 Å². The van der Waals surface area contributed by atoms with Crippen LogP contribution in [-0.2, 0) is 6.54 Å². The van der Waals surface area contributed by atoms with Crippen molar-refractivity contribution in [3.8, 4) is 11.4 Å². The van der Waals surface area contributed by atoms with E-state index in [1.807, 2.05) is 29.0 Å². The van der Waals surface area contributed by atoms with E-state index in [2.05, 4.69) is 33.6 Å². The van der Waals surface area contributed by atoms with Gasteiger partial charge in [0.05, 0.1) is 6.54 Å². The summed E-state index contributed by atoms with van der Waals surface area (Å²) in [6, 6.07) is 12.6. The number of rotatable bonds is 3. The Hall–Kier alpha value is -1.40. The molecule has 0 amide bonds. The molecule has 5 heteroatoms. The lowest BCUT2D eigenvalue weighted by molar-refractivity contribution is 0.626. The van der Waals surface area contributed by atoms with Gasteiger partial charge in [0.1, 0.15) is 11.6 Å². The largest absolute Gasteiger partial charge is 0.327 e. The molecular formula is C16H11ClFIN2. The predicted molar refractivity (Wildman–Crippen MR) is 90.9 cm³/mol. The molecule has 3 aromatic rings. The molecule has 1 heterocycles. The fourth-order valence-electron chi connectivity index (χ4n) is 2.16. The maximum absolute atomic E-state index is 13.1. The Kier molecular flexibility index (Phi) is 4.26. The first-order chi connectivity index (χ1) is 10.1. The molecular weight excluding hydrogens is 402 g/mol. The molecule has 0 radical (unpaired) electrons. The zero-order valence-electron chi connectivity index (χ0n) is 10.9. The van der Waals surface area contributed by atoms with Crippen molar-refractivity contribution in [2.75, 3.05) is 0 Å². The Morgan fingerprint density at radius 1 is 1.19 bits per heavy atom. The summed E-state index contributed by atoms with van der Waals surface area (Å²) in [6.45, 7) is 0.555. The minimum atomic E-state index is -0.327. The van der Waals surface area contributed by atoms with E-state index in [1.54, 1.807) is 12.3 Å². The molecule has 2 nitrogen and oxygen atoms in total. The Morgan fingerprint density at radius 2 is 2.05 bits per heavy atom. The maximum atomic E-state index is 13.1. The van der Waals surface area contributed by atoms with E-state index >= 15 is 0 Å². The zero-order valence-corrected chi connectivity index (χ0v) is 13.8. The van der Waals surface area contributed by atoms with Crippen LogP contribution in [0.5, 0.6) is 0 Å². The molecule has 0 unspecified atom stereocenters. The highest BCUT2D eigenvalue weighted by molar-refractivity contribution is 14.1. The average molecular weight is 413 g/mol. The number of nitrogens with zero attached hydrogens (tertiary/aromatic N) is 2. The van der Waals surface area contributed by atoms with Crippen molar-refractivity contribution >= 4 is 34.2 Å². The fourth-order valence-corrected chi connectivity index (χ4v) is 2.93. The molecule has 106 valence electrons. The standard InChI is InChI=1S/C16H11ClFIN2/c17-15-9-13(18)5-4-12(15)10-21-7-6-20-16(21)11-2-1-3-14(19)8-11/h1-9H,10H2. The highest BCUT2D eigenvalue weighted by atomic mass is 127. The summed E-state index contributed by atoms with van der Waals surface area (Å²) in [5.74, 6) is 0.543. The van der Waals surface area contributed by atoms with Crippen LogP contribution in [0.1, 0.15) is 5.56 Å². The van der Waals surface area contributed by atoms with Gasteiger partial charge in [-0.2, -0.15) is 0 Å². The molecule has 0 bridgehead atoms. The second-order valence-electron chi connectivity index (χ2n) is 4.62. The average Bonchev–Trinajstić information content (AvgIpc) is 2.90. The summed E-state index contributed by atoms with van der Waals surface area (Å²) in [4.78, 5) is 4.41. The third-order valence-electron chi connectivity index (χ3n) is 3.15. The molecule has 0 atom stereocenters. The molecule has 0 N–H and O–H groups in total. The van der Waals surface area contributed by atoms with Crippen molar-refractivity contribution in [2.24, 2.45) is 0 Å². The van der Waals surface area contributed by atoms with Crippen LogP contribution in [0, 0.1) is 9.39 Å². The second kappa shape index (κ2) is 6.15. The molecule has 0 fully saturated rings. The van der Waals surface area contributed by atoms with Gasteiger partial charge in [-0.1, -0.05) is 29.8 Å². The van der Waals surface area contributed by atoms with Crippen LogP contribution in [0.15, 0.2) is 54.9 Å². The third-order valence-corrected chi connectivity index (χ3v) is 4.18. The molecule has 0 aliphatic carbocycles. The van der Waals surface area contributed by atoms with Crippen molar-refractivity contribution in [1.29, 1.82) is 0 Å². The Morgan fingerprint density at radius 3 is 2.81 bits per heavy atom. The molecule has 0 saturated carbocycles. The molecule has 21 heavy (non-hydrogen) atoms. The van der Waals surface area contributed by atoms with Crippen LogP contribution >= 0.6 is 34.2 Å². The lowest BCUT2D eigenvalue weighted by Gasteiger charge is -2.10. The Labute approximate surface area is 140 Å². The van der Waals surface area contributed by atoms with Gasteiger partial charge in [-0.15, -0.1) is 0 Å². The molecule has 0 aliphatic rings. The first kappa shape index (κ1) is 14.5. The van der Waals surface area contributed by atoms with Gasteiger partial charge in [-0.05, 0) is 52.4 Å². The first-order valence-electron chi connectivity index (χ1n) is 6.34. The van der Waals surface area contributed by atoms with Crippen LogP contribution in [0.2, 0.25) is 5.02 Å². The summed E-state index contributed by atoms with van der Waals surface area (Å²) >= 11 is 8.37. The SMILES string of the molecule is Fc1ccc(Cn2ccnc2-c2cccc(I)c2)c(Cl)c1. The fraction of sp³-hybridized carbons (Fsp3) is 0.0625. The van der Waals surface area contributed by atoms with Crippen molar-refractivity contribution in [2.45, 2.75) is 6.54 Å². The quantitative estimate of drug-likeness (QED) is 0.554.